The third-order valence-corrected chi connectivity index (χ3v) is 5.23. The van der Waals surface area contributed by atoms with Crippen LogP contribution in [0.4, 0.5) is 5.69 Å². The van der Waals surface area contributed by atoms with Gasteiger partial charge >= 0.3 is 0 Å². The maximum absolute atomic E-state index is 12.4. The average Bonchev–Trinajstić information content (AvgIpc) is 3.14. The van der Waals surface area contributed by atoms with Gasteiger partial charge in [0.1, 0.15) is 5.76 Å². The number of anilines is 1. The number of aliphatic hydroxyl groups is 1. The van der Waals surface area contributed by atoms with Crippen molar-refractivity contribution >= 4 is 16.6 Å². The fourth-order valence-electron chi connectivity index (χ4n) is 3.63. The van der Waals surface area contributed by atoms with Crippen LogP contribution in [0.15, 0.2) is 39.9 Å². The van der Waals surface area contributed by atoms with Gasteiger partial charge in [-0.2, -0.15) is 0 Å². The summed E-state index contributed by atoms with van der Waals surface area (Å²) < 4.78 is 6.98. The number of aromatic nitrogens is 3. The van der Waals surface area contributed by atoms with E-state index in [0.29, 0.717) is 16.8 Å². The molecule has 1 aromatic carbocycles. The minimum Gasteiger partial charge on any atom is -0.446 e. The Bertz CT molecular complexity index is 1000. The molecule has 1 fully saturated rings. The number of hydrogen-bond donors (Lipinski definition) is 1. The number of aliphatic hydroxyl groups excluding tert-OH is 1. The van der Waals surface area contributed by atoms with E-state index in [1.54, 1.807) is 0 Å². The lowest BCUT2D eigenvalue weighted by Gasteiger charge is -2.36. The Morgan fingerprint density at radius 3 is 2.68 bits per heavy atom. The Morgan fingerprint density at radius 1 is 1.14 bits per heavy atom. The zero-order valence-corrected chi connectivity index (χ0v) is 16.0. The molecule has 28 heavy (non-hydrogen) atoms. The monoisotopic (exact) mass is 383 g/mol. The summed E-state index contributed by atoms with van der Waals surface area (Å²) in [4.78, 5) is 25.7. The fourth-order valence-corrected chi connectivity index (χ4v) is 3.63. The minimum absolute atomic E-state index is 0.0779. The summed E-state index contributed by atoms with van der Waals surface area (Å²) >= 11 is 0. The maximum atomic E-state index is 12.4. The number of nitrogens with zero attached hydrogens (tertiary/aromatic N) is 5. The highest BCUT2D eigenvalue weighted by Crippen LogP contribution is 2.20. The van der Waals surface area contributed by atoms with Crippen LogP contribution in [0.3, 0.4) is 0 Å². The standard InChI is InChI=1S/C20H25N5O3/c1-15-21-13-17(28-15)4-5-23-6-8-24(9-7-23)16-2-3-18-19(12-16)22-14-25(10-11-26)20(18)27/h2-3,12-14,26H,4-11H2,1H3. The predicted octanol–water partition coefficient (Wildman–Crippen LogP) is 1.05. The molecule has 0 aliphatic carbocycles. The summed E-state index contributed by atoms with van der Waals surface area (Å²) in [6.07, 6.45) is 4.19. The predicted molar refractivity (Wildman–Crippen MR) is 107 cm³/mol. The number of aryl methyl sites for hydroxylation is 1. The Labute approximate surface area is 163 Å². The first-order valence-corrected chi connectivity index (χ1v) is 9.63. The topological polar surface area (TPSA) is 87.6 Å². The molecule has 0 unspecified atom stereocenters. The Morgan fingerprint density at radius 2 is 1.96 bits per heavy atom. The number of oxazole rings is 1. The number of benzene rings is 1. The van der Waals surface area contributed by atoms with Crippen molar-refractivity contribution in [1.82, 2.24) is 19.4 Å². The highest BCUT2D eigenvalue weighted by molar-refractivity contribution is 5.81. The van der Waals surface area contributed by atoms with E-state index in [1.165, 1.54) is 10.9 Å². The van der Waals surface area contributed by atoms with E-state index in [0.717, 1.165) is 50.6 Å². The van der Waals surface area contributed by atoms with E-state index >= 15 is 0 Å². The van der Waals surface area contributed by atoms with Crippen molar-refractivity contribution in [2.24, 2.45) is 0 Å². The first kappa shape index (κ1) is 18.6. The normalized spacial score (nSPS) is 15.4. The van der Waals surface area contributed by atoms with Gasteiger partial charge in [0.2, 0.25) is 0 Å². The Kier molecular flexibility index (Phi) is 5.40. The van der Waals surface area contributed by atoms with Gasteiger partial charge in [-0.25, -0.2) is 9.97 Å². The minimum atomic E-state index is -0.113. The van der Waals surface area contributed by atoms with Gasteiger partial charge in [0.05, 0.1) is 36.6 Å². The van der Waals surface area contributed by atoms with Gasteiger partial charge in [0, 0.05) is 51.8 Å². The quantitative estimate of drug-likeness (QED) is 0.681. The molecule has 0 radical (unpaired) electrons. The summed E-state index contributed by atoms with van der Waals surface area (Å²) in [5, 5.41) is 9.63. The van der Waals surface area contributed by atoms with Crippen molar-refractivity contribution in [1.29, 1.82) is 0 Å². The second-order valence-corrected chi connectivity index (χ2v) is 7.09. The van der Waals surface area contributed by atoms with Crippen LogP contribution in [0, 0.1) is 6.92 Å². The molecule has 0 saturated carbocycles. The number of rotatable bonds is 6. The van der Waals surface area contributed by atoms with Crippen LogP contribution in [-0.2, 0) is 13.0 Å². The van der Waals surface area contributed by atoms with Crippen LogP contribution in [0.5, 0.6) is 0 Å². The first-order valence-electron chi connectivity index (χ1n) is 9.63. The molecule has 1 aliphatic rings. The van der Waals surface area contributed by atoms with E-state index in [2.05, 4.69) is 19.8 Å². The van der Waals surface area contributed by atoms with E-state index in [4.69, 9.17) is 9.52 Å². The van der Waals surface area contributed by atoms with Crippen LogP contribution in [0.1, 0.15) is 11.7 Å². The molecule has 0 amide bonds. The van der Waals surface area contributed by atoms with Crippen molar-refractivity contribution in [2.75, 3.05) is 44.2 Å². The van der Waals surface area contributed by atoms with E-state index in [-0.39, 0.29) is 18.7 Å². The molecular formula is C20H25N5O3. The zero-order chi connectivity index (χ0) is 19.5. The van der Waals surface area contributed by atoms with Gasteiger partial charge in [-0.15, -0.1) is 0 Å². The smallest absolute Gasteiger partial charge is 0.261 e. The third-order valence-electron chi connectivity index (χ3n) is 5.23. The molecule has 1 saturated heterocycles. The van der Waals surface area contributed by atoms with Crippen molar-refractivity contribution in [2.45, 2.75) is 19.9 Å². The Hall–Kier alpha value is -2.71. The summed E-state index contributed by atoms with van der Waals surface area (Å²) in [5.74, 6) is 1.65. The molecule has 3 aromatic rings. The average molecular weight is 383 g/mol. The first-order chi connectivity index (χ1) is 13.6. The molecule has 4 rings (SSSR count). The summed E-state index contributed by atoms with van der Waals surface area (Å²) in [6, 6.07) is 5.81. The van der Waals surface area contributed by atoms with Crippen molar-refractivity contribution in [3.63, 3.8) is 0 Å². The van der Waals surface area contributed by atoms with Crippen molar-refractivity contribution in [3.8, 4) is 0 Å². The molecule has 8 nitrogen and oxygen atoms in total. The Balaban J connectivity index is 1.39. The van der Waals surface area contributed by atoms with E-state index in [1.807, 2.05) is 31.3 Å². The summed E-state index contributed by atoms with van der Waals surface area (Å²) in [6.45, 7) is 6.85. The van der Waals surface area contributed by atoms with Crippen molar-refractivity contribution < 1.29 is 9.52 Å². The van der Waals surface area contributed by atoms with Crippen LogP contribution >= 0.6 is 0 Å². The third kappa shape index (κ3) is 3.93. The second-order valence-electron chi connectivity index (χ2n) is 7.09. The van der Waals surface area contributed by atoms with Gasteiger partial charge in [-0.3, -0.25) is 14.3 Å². The van der Waals surface area contributed by atoms with Gasteiger partial charge in [-0.1, -0.05) is 0 Å². The number of hydrogen-bond acceptors (Lipinski definition) is 7. The largest absolute Gasteiger partial charge is 0.446 e. The number of piperazine rings is 1. The molecule has 1 N–H and O–H groups in total. The van der Waals surface area contributed by atoms with E-state index < -0.39 is 0 Å². The second kappa shape index (κ2) is 8.12. The lowest BCUT2D eigenvalue weighted by Crippen LogP contribution is -2.47. The number of fused-ring (bicyclic) bond motifs is 1. The molecular weight excluding hydrogens is 358 g/mol. The lowest BCUT2D eigenvalue weighted by atomic mass is 10.2. The highest BCUT2D eigenvalue weighted by Gasteiger charge is 2.18. The van der Waals surface area contributed by atoms with Gasteiger partial charge < -0.3 is 14.4 Å². The fraction of sp³-hybridized carbons (Fsp3) is 0.450. The zero-order valence-electron chi connectivity index (χ0n) is 16.0. The van der Waals surface area contributed by atoms with Gasteiger partial charge in [0.15, 0.2) is 5.89 Å². The molecule has 0 bridgehead atoms. The van der Waals surface area contributed by atoms with Gasteiger partial charge in [-0.05, 0) is 18.2 Å². The molecule has 148 valence electrons. The van der Waals surface area contributed by atoms with E-state index in [9.17, 15) is 4.79 Å². The van der Waals surface area contributed by atoms with Crippen molar-refractivity contribution in [3.05, 3.63) is 52.7 Å². The maximum Gasteiger partial charge on any atom is 0.261 e. The molecule has 0 spiro atoms. The lowest BCUT2D eigenvalue weighted by molar-refractivity contribution is 0.255. The highest BCUT2D eigenvalue weighted by atomic mass is 16.4. The molecule has 1 aliphatic heterocycles. The van der Waals surface area contributed by atoms with Crippen LogP contribution in [-0.4, -0.2) is 63.9 Å². The molecule has 0 atom stereocenters. The molecule has 3 heterocycles. The van der Waals surface area contributed by atoms with Crippen LogP contribution in [0.25, 0.3) is 10.9 Å². The van der Waals surface area contributed by atoms with Crippen LogP contribution in [0.2, 0.25) is 0 Å². The SMILES string of the molecule is Cc1ncc(CCN2CCN(c3ccc4c(=O)n(CCO)cnc4c3)CC2)o1. The summed E-state index contributed by atoms with van der Waals surface area (Å²) in [5.41, 5.74) is 1.67. The van der Waals surface area contributed by atoms with Crippen LogP contribution < -0.4 is 10.5 Å². The summed E-state index contributed by atoms with van der Waals surface area (Å²) in [7, 11) is 0. The molecule has 2 aromatic heterocycles. The molecule has 8 heteroatoms. The van der Waals surface area contributed by atoms with Gasteiger partial charge in [0.25, 0.3) is 5.56 Å².